The standard InChI is InChI=1S/C27H52O2S/c1-3-5-7-9-11-13-15-16-18-20-22-24-26(30)27(28)29-25-23-21-19-17-14-12-10-8-6-4-2/h3-25H2,1-2H3. The summed E-state index contributed by atoms with van der Waals surface area (Å²) >= 11 is 5.25. The van der Waals surface area contributed by atoms with Gasteiger partial charge in [0, 0.05) is 0 Å². The molecule has 30 heavy (non-hydrogen) atoms. The molecule has 0 aromatic carbocycles. The summed E-state index contributed by atoms with van der Waals surface area (Å²) in [6.45, 7) is 5.07. The van der Waals surface area contributed by atoms with E-state index in [1.807, 2.05) is 0 Å². The highest BCUT2D eigenvalue weighted by Gasteiger charge is 2.10. The first-order valence-corrected chi connectivity index (χ1v) is 13.8. The number of carbonyl (C=O) groups is 1. The van der Waals surface area contributed by atoms with Crippen LogP contribution in [0.5, 0.6) is 0 Å². The molecule has 0 saturated heterocycles. The van der Waals surface area contributed by atoms with Crippen molar-refractivity contribution in [1.82, 2.24) is 0 Å². The number of hydrogen-bond acceptors (Lipinski definition) is 3. The Morgan fingerprint density at radius 2 is 0.867 bits per heavy atom. The monoisotopic (exact) mass is 440 g/mol. The summed E-state index contributed by atoms with van der Waals surface area (Å²) in [6.07, 6.45) is 28.1. The van der Waals surface area contributed by atoms with Crippen LogP contribution in [0.4, 0.5) is 0 Å². The molecule has 3 heteroatoms. The molecule has 0 aromatic rings. The zero-order chi connectivity index (χ0) is 22.1. The molecular formula is C27H52O2S. The van der Waals surface area contributed by atoms with Crippen molar-refractivity contribution in [3.05, 3.63) is 0 Å². The van der Waals surface area contributed by atoms with Gasteiger partial charge in [-0.2, -0.15) is 0 Å². The molecule has 0 rings (SSSR count). The van der Waals surface area contributed by atoms with E-state index < -0.39 is 0 Å². The fourth-order valence-electron chi connectivity index (χ4n) is 3.89. The third-order valence-corrected chi connectivity index (χ3v) is 6.34. The number of esters is 1. The Morgan fingerprint density at radius 1 is 0.533 bits per heavy atom. The summed E-state index contributed by atoms with van der Waals surface area (Å²) < 4.78 is 5.35. The molecule has 0 fully saturated rings. The van der Waals surface area contributed by atoms with Gasteiger partial charge in [-0.1, -0.05) is 148 Å². The van der Waals surface area contributed by atoms with Gasteiger partial charge in [-0.15, -0.1) is 0 Å². The van der Waals surface area contributed by atoms with Crippen LogP contribution in [0.1, 0.15) is 155 Å². The van der Waals surface area contributed by atoms with Gasteiger partial charge in [-0.25, -0.2) is 4.79 Å². The van der Waals surface area contributed by atoms with Crippen molar-refractivity contribution in [2.75, 3.05) is 6.61 Å². The lowest BCUT2D eigenvalue weighted by atomic mass is 10.0. The summed E-state index contributed by atoms with van der Waals surface area (Å²) in [7, 11) is 0. The number of hydrogen-bond donors (Lipinski definition) is 0. The molecule has 0 aliphatic rings. The fourth-order valence-corrected chi connectivity index (χ4v) is 4.09. The normalized spacial score (nSPS) is 11.0. The maximum atomic E-state index is 12.0. The van der Waals surface area contributed by atoms with E-state index in [1.165, 1.54) is 116 Å². The zero-order valence-corrected chi connectivity index (χ0v) is 21.3. The molecule has 0 spiro atoms. The Kier molecular flexibility index (Phi) is 24.5. The Labute approximate surface area is 194 Å². The maximum Gasteiger partial charge on any atom is 0.344 e. The van der Waals surface area contributed by atoms with Gasteiger partial charge < -0.3 is 4.74 Å². The minimum absolute atomic E-state index is 0.243. The number of thiocarbonyl (C=S) groups is 1. The predicted molar refractivity (Wildman–Crippen MR) is 136 cm³/mol. The van der Waals surface area contributed by atoms with E-state index in [1.54, 1.807) is 0 Å². The van der Waals surface area contributed by atoms with Crippen molar-refractivity contribution in [1.29, 1.82) is 0 Å². The first-order valence-electron chi connectivity index (χ1n) is 13.4. The van der Waals surface area contributed by atoms with Crippen LogP contribution in [0.15, 0.2) is 0 Å². The number of carbonyl (C=O) groups excluding carboxylic acids is 1. The van der Waals surface area contributed by atoms with Crippen molar-refractivity contribution < 1.29 is 9.53 Å². The fraction of sp³-hybridized carbons (Fsp3) is 0.926. The smallest absolute Gasteiger partial charge is 0.344 e. The second-order valence-corrected chi connectivity index (χ2v) is 9.52. The number of ether oxygens (including phenoxy) is 1. The van der Waals surface area contributed by atoms with Gasteiger partial charge >= 0.3 is 5.97 Å². The lowest BCUT2D eigenvalue weighted by molar-refractivity contribution is -0.135. The quantitative estimate of drug-likeness (QED) is 0.0848. The minimum Gasteiger partial charge on any atom is -0.462 e. The van der Waals surface area contributed by atoms with Crippen LogP contribution >= 0.6 is 12.2 Å². The molecule has 0 atom stereocenters. The highest BCUT2D eigenvalue weighted by atomic mass is 32.1. The zero-order valence-electron chi connectivity index (χ0n) is 20.5. The van der Waals surface area contributed by atoms with E-state index in [0.717, 1.165) is 25.7 Å². The summed E-state index contributed by atoms with van der Waals surface area (Å²) in [5.41, 5.74) is 0. The topological polar surface area (TPSA) is 26.3 Å². The highest BCUT2D eigenvalue weighted by molar-refractivity contribution is 7.82. The predicted octanol–water partition coefficient (Wildman–Crippen LogP) is 9.52. The van der Waals surface area contributed by atoms with Gasteiger partial charge in [0.1, 0.15) is 4.86 Å². The molecule has 0 aromatic heterocycles. The minimum atomic E-state index is -0.243. The Balaban J connectivity index is 3.32. The lowest BCUT2D eigenvalue weighted by Gasteiger charge is -2.06. The Bertz CT molecular complexity index is 345. The second kappa shape index (κ2) is 24.8. The average molecular weight is 441 g/mol. The van der Waals surface area contributed by atoms with E-state index in [9.17, 15) is 4.79 Å². The maximum absolute atomic E-state index is 12.0. The number of unbranched alkanes of at least 4 members (excludes halogenated alkanes) is 19. The molecule has 0 bridgehead atoms. The van der Waals surface area contributed by atoms with E-state index in [4.69, 9.17) is 17.0 Å². The van der Waals surface area contributed by atoms with E-state index in [2.05, 4.69) is 13.8 Å². The Hall–Kier alpha value is -0.440. The molecule has 0 heterocycles. The third-order valence-electron chi connectivity index (χ3n) is 5.97. The van der Waals surface area contributed by atoms with Crippen LogP contribution in [-0.4, -0.2) is 17.4 Å². The van der Waals surface area contributed by atoms with Gasteiger partial charge in [0.2, 0.25) is 0 Å². The summed E-state index contributed by atoms with van der Waals surface area (Å²) in [4.78, 5) is 12.5. The molecular weight excluding hydrogens is 388 g/mol. The van der Waals surface area contributed by atoms with Crippen molar-refractivity contribution >= 4 is 23.1 Å². The molecule has 0 unspecified atom stereocenters. The van der Waals surface area contributed by atoms with Crippen molar-refractivity contribution in [3.63, 3.8) is 0 Å². The van der Waals surface area contributed by atoms with Gasteiger partial charge in [0.15, 0.2) is 0 Å². The van der Waals surface area contributed by atoms with Gasteiger partial charge in [-0.05, 0) is 19.3 Å². The lowest BCUT2D eigenvalue weighted by Crippen LogP contribution is -2.16. The van der Waals surface area contributed by atoms with Crippen LogP contribution < -0.4 is 0 Å². The first-order chi connectivity index (χ1) is 14.7. The van der Waals surface area contributed by atoms with Gasteiger partial charge in [-0.3, -0.25) is 0 Å². The molecule has 0 aliphatic heterocycles. The molecule has 2 nitrogen and oxygen atoms in total. The largest absolute Gasteiger partial charge is 0.462 e. The van der Waals surface area contributed by atoms with Crippen LogP contribution in [0.2, 0.25) is 0 Å². The van der Waals surface area contributed by atoms with Gasteiger partial charge in [0.05, 0.1) is 6.61 Å². The van der Waals surface area contributed by atoms with Crippen LogP contribution in [0.25, 0.3) is 0 Å². The molecule has 0 N–H and O–H groups in total. The molecule has 0 aliphatic carbocycles. The van der Waals surface area contributed by atoms with Crippen molar-refractivity contribution in [3.8, 4) is 0 Å². The Morgan fingerprint density at radius 3 is 1.27 bits per heavy atom. The first kappa shape index (κ1) is 29.6. The molecule has 0 radical (unpaired) electrons. The third kappa shape index (κ3) is 22.2. The van der Waals surface area contributed by atoms with Crippen molar-refractivity contribution in [2.24, 2.45) is 0 Å². The van der Waals surface area contributed by atoms with Crippen LogP contribution in [0, 0.1) is 0 Å². The van der Waals surface area contributed by atoms with E-state index >= 15 is 0 Å². The van der Waals surface area contributed by atoms with Gasteiger partial charge in [0.25, 0.3) is 0 Å². The van der Waals surface area contributed by atoms with Crippen LogP contribution in [0.3, 0.4) is 0 Å². The van der Waals surface area contributed by atoms with Crippen molar-refractivity contribution in [2.45, 2.75) is 155 Å². The highest BCUT2D eigenvalue weighted by Crippen LogP contribution is 2.13. The molecule has 178 valence electrons. The molecule has 0 amide bonds. The average Bonchev–Trinajstić information content (AvgIpc) is 2.75. The summed E-state index contributed by atoms with van der Waals surface area (Å²) in [5.74, 6) is -0.243. The second-order valence-electron chi connectivity index (χ2n) is 9.03. The SMILES string of the molecule is CCCCCCCCCCCCCC(=S)C(=O)OCCCCCCCCCCCC. The molecule has 0 saturated carbocycles. The van der Waals surface area contributed by atoms with E-state index in [0.29, 0.717) is 11.5 Å². The summed E-state index contributed by atoms with van der Waals surface area (Å²) in [5, 5.41) is 0. The van der Waals surface area contributed by atoms with E-state index in [-0.39, 0.29) is 5.97 Å². The van der Waals surface area contributed by atoms with Crippen LogP contribution in [-0.2, 0) is 9.53 Å². The summed E-state index contributed by atoms with van der Waals surface area (Å²) in [6, 6.07) is 0. The number of rotatable bonds is 24.